The molecule has 190 valence electrons. The number of Topliss-reactive ketones (excluding diaryl/α,β-unsaturated/α-hetero) is 1. The van der Waals surface area contributed by atoms with Gasteiger partial charge in [-0.25, -0.2) is 9.18 Å². The van der Waals surface area contributed by atoms with Gasteiger partial charge in [0.15, 0.2) is 12.4 Å². The lowest BCUT2D eigenvalue weighted by Crippen LogP contribution is -2.48. The molecule has 0 aromatic heterocycles. The number of nitrogens with one attached hydrogen (secondary N) is 1. The molecule has 1 fully saturated rings. The van der Waals surface area contributed by atoms with Crippen molar-refractivity contribution in [1.82, 2.24) is 4.90 Å². The molecule has 1 unspecified atom stereocenters. The molecule has 37 heavy (non-hydrogen) atoms. The second-order valence-electron chi connectivity index (χ2n) is 8.44. The maximum absolute atomic E-state index is 13.0. The molecule has 0 bridgehead atoms. The zero-order chi connectivity index (χ0) is 26.2. The first-order chi connectivity index (χ1) is 17.9. The van der Waals surface area contributed by atoms with E-state index in [4.69, 9.17) is 9.47 Å². The number of halogens is 1. The van der Waals surface area contributed by atoms with Crippen LogP contribution in [0.1, 0.15) is 32.7 Å². The molecule has 1 aliphatic heterocycles. The van der Waals surface area contributed by atoms with Gasteiger partial charge in [-0.1, -0.05) is 30.3 Å². The number of amides is 2. The Hall–Kier alpha value is -4.37. The Morgan fingerprint density at radius 3 is 2.32 bits per heavy atom. The van der Waals surface area contributed by atoms with E-state index in [2.05, 4.69) is 5.32 Å². The summed E-state index contributed by atoms with van der Waals surface area (Å²) in [6, 6.07) is 20.5. The number of ketones is 1. The molecule has 0 spiro atoms. The van der Waals surface area contributed by atoms with Crippen molar-refractivity contribution in [2.24, 2.45) is 0 Å². The molecule has 3 aromatic rings. The number of carbonyl (C=O) groups excluding carboxylic acids is 4. The van der Waals surface area contributed by atoms with E-state index in [1.807, 2.05) is 30.3 Å². The van der Waals surface area contributed by atoms with Crippen molar-refractivity contribution in [1.29, 1.82) is 0 Å². The van der Waals surface area contributed by atoms with Crippen molar-refractivity contribution in [3.63, 3.8) is 0 Å². The molecule has 0 saturated carbocycles. The minimum atomic E-state index is -0.870. The smallest absolute Gasteiger partial charge is 0.338 e. The van der Waals surface area contributed by atoms with Crippen molar-refractivity contribution in [3.05, 3.63) is 101 Å². The summed E-state index contributed by atoms with van der Waals surface area (Å²) in [4.78, 5) is 51.3. The third-order valence-electron chi connectivity index (χ3n) is 5.76. The van der Waals surface area contributed by atoms with Gasteiger partial charge in [-0.15, -0.1) is 0 Å². The van der Waals surface area contributed by atoms with Crippen LogP contribution in [0.3, 0.4) is 0 Å². The molecule has 1 aliphatic rings. The molecular weight excluding hydrogens is 479 g/mol. The third-order valence-corrected chi connectivity index (χ3v) is 5.76. The lowest BCUT2D eigenvalue weighted by Gasteiger charge is -2.32. The van der Waals surface area contributed by atoms with Crippen LogP contribution >= 0.6 is 0 Å². The van der Waals surface area contributed by atoms with E-state index in [9.17, 15) is 23.6 Å². The van der Waals surface area contributed by atoms with E-state index < -0.39 is 36.2 Å². The average Bonchev–Trinajstić information content (AvgIpc) is 2.91. The fourth-order valence-electron chi connectivity index (χ4n) is 3.80. The molecule has 1 N–H and O–H groups in total. The predicted octanol–water partition coefficient (Wildman–Crippen LogP) is 3.62. The number of esters is 1. The lowest BCUT2D eigenvalue weighted by atomic mass is 10.1. The van der Waals surface area contributed by atoms with E-state index in [0.717, 1.165) is 17.7 Å². The fraction of sp³-hybridized carbons (Fsp3) is 0.214. The zero-order valence-electron chi connectivity index (χ0n) is 19.9. The summed E-state index contributed by atoms with van der Waals surface area (Å²) < 4.78 is 23.5. The SMILES string of the molecule is O=C(CC1OCCN(Cc2ccccc2)C1=O)Nc1ccc(C(=O)OCC(=O)c2ccc(F)cc2)cc1. The van der Waals surface area contributed by atoms with Crippen molar-refractivity contribution in [3.8, 4) is 0 Å². The Bertz CT molecular complexity index is 1260. The van der Waals surface area contributed by atoms with E-state index in [1.54, 1.807) is 4.90 Å². The maximum atomic E-state index is 13.0. The van der Waals surface area contributed by atoms with E-state index in [-0.39, 0.29) is 23.5 Å². The Morgan fingerprint density at radius 2 is 1.62 bits per heavy atom. The van der Waals surface area contributed by atoms with Gasteiger partial charge in [0.25, 0.3) is 5.91 Å². The average molecular weight is 505 g/mol. The highest BCUT2D eigenvalue weighted by Gasteiger charge is 2.31. The molecule has 2 amide bonds. The van der Waals surface area contributed by atoms with Gasteiger partial charge in [0.1, 0.15) is 11.9 Å². The molecule has 4 rings (SSSR count). The monoisotopic (exact) mass is 504 g/mol. The first kappa shape index (κ1) is 25.7. The highest BCUT2D eigenvalue weighted by atomic mass is 19.1. The van der Waals surface area contributed by atoms with Gasteiger partial charge < -0.3 is 19.7 Å². The highest BCUT2D eigenvalue weighted by molar-refractivity contribution is 5.99. The predicted molar refractivity (Wildman–Crippen MR) is 132 cm³/mol. The number of carbonyl (C=O) groups is 4. The van der Waals surface area contributed by atoms with Crippen LogP contribution in [0.4, 0.5) is 10.1 Å². The van der Waals surface area contributed by atoms with Crippen LogP contribution in [-0.4, -0.2) is 54.3 Å². The molecule has 3 aromatic carbocycles. The van der Waals surface area contributed by atoms with Gasteiger partial charge >= 0.3 is 5.97 Å². The summed E-state index contributed by atoms with van der Waals surface area (Å²) in [5.74, 6) is -2.28. The number of morpholine rings is 1. The van der Waals surface area contributed by atoms with Crippen molar-refractivity contribution < 1.29 is 33.0 Å². The van der Waals surface area contributed by atoms with Gasteiger partial charge in [0, 0.05) is 24.3 Å². The molecule has 1 saturated heterocycles. The van der Waals surface area contributed by atoms with Crippen LogP contribution in [0, 0.1) is 5.82 Å². The van der Waals surface area contributed by atoms with E-state index >= 15 is 0 Å². The molecule has 9 heteroatoms. The second-order valence-corrected chi connectivity index (χ2v) is 8.44. The summed E-state index contributed by atoms with van der Waals surface area (Å²) in [5, 5.41) is 2.69. The largest absolute Gasteiger partial charge is 0.454 e. The summed E-state index contributed by atoms with van der Waals surface area (Å²) in [6.45, 7) is 0.768. The van der Waals surface area contributed by atoms with Crippen LogP contribution < -0.4 is 5.32 Å². The first-order valence-electron chi connectivity index (χ1n) is 11.7. The number of ether oxygens (including phenoxy) is 2. The quantitative estimate of drug-likeness (QED) is 0.353. The highest BCUT2D eigenvalue weighted by Crippen LogP contribution is 2.16. The van der Waals surface area contributed by atoms with Crippen molar-refractivity contribution >= 4 is 29.3 Å². The minimum Gasteiger partial charge on any atom is -0.454 e. The molecule has 1 heterocycles. The van der Waals surface area contributed by atoms with Gasteiger partial charge in [0.2, 0.25) is 5.91 Å². The lowest BCUT2D eigenvalue weighted by molar-refractivity contribution is -0.155. The topological polar surface area (TPSA) is 102 Å². The third kappa shape index (κ3) is 7.08. The standard InChI is InChI=1S/C28H25FN2O6/c29-22-10-6-20(7-11-22)24(32)18-37-28(35)21-8-12-23(13-9-21)30-26(33)16-25-27(34)31(14-15-36-25)17-19-4-2-1-3-5-19/h1-13,25H,14-18H2,(H,30,33). The van der Waals surface area contributed by atoms with Crippen LogP contribution in [-0.2, 0) is 25.6 Å². The number of hydrogen-bond acceptors (Lipinski definition) is 6. The van der Waals surface area contributed by atoms with Gasteiger partial charge in [0.05, 0.1) is 18.6 Å². The second kappa shape index (κ2) is 12.0. The zero-order valence-corrected chi connectivity index (χ0v) is 19.9. The molecule has 0 radical (unpaired) electrons. The molecular formula is C28H25FN2O6. The van der Waals surface area contributed by atoms with Gasteiger partial charge in [-0.05, 0) is 54.1 Å². The number of benzene rings is 3. The normalized spacial score (nSPS) is 15.2. The molecule has 8 nitrogen and oxygen atoms in total. The maximum Gasteiger partial charge on any atom is 0.338 e. The van der Waals surface area contributed by atoms with Crippen LogP contribution in [0.2, 0.25) is 0 Å². The Labute approximate surface area is 213 Å². The van der Waals surface area contributed by atoms with Gasteiger partial charge in [-0.2, -0.15) is 0 Å². The van der Waals surface area contributed by atoms with E-state index in [1.165, 1.54) is 36.4 Å². The number of nitrogens with zero attached hydrogens (tertiary/aromatic N) is 1. The van der Waals surface area contributed by atoms with Crippen LogP contribution in [0.5, 0.6) is 0 Å². The van der Waals surface area contributed by atoms with Crippen molar-refractivity contribution in [2.75, 3.05) is 25.1 Å². The Kier molecular flexibility index (Phi) is 8.37. The summed E-state index contributed by atoms with van der Waals surface area (Å²) >= 11 is 0. The Balaban J connectivity index is 1.25. The number of rotatable bonds is 9. The first-order valence-corrected chi connectivity index (χ1v) is 11.7. The van der Waals surface area contributed by atoms with Crippen LogP contribution in [0.15, 0.2) is 78.9 Å². The number of hydrogen-bond donors (Lipinski definition) is 1. The van der Waals surface area contributed by atoms with Crippen LogP contribution in [0.25, 0.3) is 0 Å². The molecule has 1 atom stereocenters. The fourth-order valence-corrected chi connectivity index (χ4v) is 3.80. The minimum absolute atomic E-state index is 0.139. The van der Waals surface area contributed by atoms with Gasteiger partial charge in [-0.3, -0.25) is 14.4 Å². The number of anilines is 1. The van der Waals surface area contributed by atoms with E-state index in [0.29, 0.717) is 25.4 Å². The molecule has 0 aliphatic carbocycles. The van der Waals surface area contributed by atoms with Crippen molar-refractivity contribution in [2.45, 2.75) is 19.1 Å². The summed E-state index contributed by atoms with van der Waals surface area (Å²) in [7, 11) is 0. The summed E-state index contributed by atoms with van der Waals surface area (Å²) in [6.07, 6.45) is -1.01. The summed E-state index contributed by atoms with van der Waals surface area (Å²) in [5.41, 5.74) is 1.84. The Morgan fingerprint density at radius 1 is 0.946 bits per heavy atom.